The highest BCUT2D eigenvalue weighted by molar-refractivity contribution is 7.14. The minimum Gasteiger partial charge on any atom is -0.439 e. The number of β-lactam (4-membered cyclic amide) rings is 1. The molecule has 1 aromatic carbocycles. The molecule has 40 heavy (non-hydrogen) atoms. The lowest BCUT2D eigenvalue weighted by Crippen LogP contribution is -2.73. The SMILES string of the molecule is CC(=O)OC1NC(=O)C1NC(=O)C1(NC(=O)c2ccc(-c3csc(NN4CCN(C)CC4)n3)cc2)CCCCC1. The first-order chi connectivity index (χ1) is 19.2. The van der Waals surface area contributed by atoms with Crippen LogP contribution in [0, 0.1) is 0 Å². The molecule has 2 aliphatic heterocycles. The average Bonchev–Trinajstić information content (AvgIpc) is 3.41. The molecule has 0 radical (unpaired) electrons. The zero-order valence-corrected chi connectivity index (χ0v) is 23.5. The van der Waals surface area contributed by atoms with Gasteiger partial charge in [0.2, 0.25) is 12.1 Å². The second-order valence-electron chi connectivity index (χ2n) is 10.6. The molecule has 4 N–H and O–H groups in total. The van der Waals surface area contributed by atoms with Crippen molar-refractivity contribution < 1.29 is 23.9 Å². The number of aromatic nitrogens is 1. The first-order valence-corrected chi connectivity index (χ1v) is 14.5. The Morgan fingerprint density at radius 1 is 1.07 bits per heavy atom. The van der Waals surface area contributed by atoms with Crippen molar-refractivity contribution in [3.63, 3.8) is 0 Å². The van der Waals surface area contributed by atoms with Gasteiger partial charge < -0.3 is 25.6 Å². The van der Waals surface area contributed by atoms with Gasteiger partial charge in [0.15, 0.2) is 11.2 Å². The van der Waals surface area contributed by atoms with Crippen molar-refractivity contribution in [1.29, 1.82) is 0 Å². The van der Waals surface area contributed by atoms with Crippen molar-refractivity contribution in [2.24, 2.45) is 0 Å². The number of hydrogen-bond donors (Lipinski definition) is 4. The standard InChI is InChI=1S/C27H35N7O5S/c1-17(35)39-24-21(23(37)30-24)29-25(38)27(10-4-3-5-11-27)31-22(36)19-8-6-18(7-9-19)20-16-40-26(28-20)32-34-14-12-33(2)13-15-34/h6-9,16,21,24H,3-5,10-15H2,1-2H3,(H,28,32)(H,29,38)(H,30,37)(H,31,36). The molecule has 3 amide bonds. The number of hydrogen-bond acceptors (Lipinski definition) is 10. The summed E-state index contributed by atoms with van der Waals surface area (Å²) >= 11 is 1.53. The highest BCUT2D eigenvalue weighted by atomic mass is 32.1. The van der Waals surface area contributed by atoms with E-state index in [1.165, 1.54) is 18.3 Å². The van der Waals surface area contributed by atoms with Gasteiger partial charge in [-0.1, -0.05) is 31.4 Å². The molecule has 13 heteroatoms. The van der Waals surface area contributed by atoms with Crippen LogP contribution >= 0.6 is 11.3 Å². The molecule has 1 saturated carbocycles. The molecule has 214 valence electrons. The van der Waals surface area contributed by atoms with Gasteiger partial charge in [0.1, 0.15) is 5.54 Å². The molecule has 2 atom stereocenters. The molecule has 1 aliphatic carbocycles. The molecule has 3 aliphatic rings. The van der Waals surface area contributed by atoms with Crippen LogP contribution in [0.25, 0.3) is 11.3 Å². The number of benzene rings is 1. The number of piperazine rings is 1. The maximum atomic E-state index is 13.4. The van der Waals surface area contributed by atoms with Crippen LogP contribution in [0.15, 0.2) is 29.6 Å². The van der Waals surface area contributed by atoms with Crippen LogP contribution in [0.3, 0.4) is 0 Å². The third kappa shape index (κ3) is 6.26. The largest absolute Gasteiger partial charge is 0.439 e. The lowest BCUT2D eigenvalue weighted by Gasteiger charge is -2.41. The van der Waals surface area contributed by atoms with E-state index in [1.807, 2.05) is 17.5 Å². The normalized spacial score (nSPS) is 22.9. The minimum atomic E-state index is -1.15. The van der Waals surface area contributed by atoms with E-state index < -0.39 is 35.6 Å². The summed E-state index contributed by atoms with van der Waals surface area (Å²) in [5.41, 5.74) is 4.36. The summed E-state index contributed by atoms with van der Waals surface area (Å²) in [4.78, 5) is 57.0. The summed E-state index contributed by atoms with van der Waals surface area (Å²) in [6.07, 6.45) is 2.49. The number of thiazole rings is 1. The fourth-order valence-corrected chi connectivity index (χ4v) is 5.95. The Hall–Kier alpha value is -3.55. The van der Waals surface area contributed by atoms with Gasteiger partial charge in [-0.25, -0.2) is 9.99 Å². The first-order valence-electron chi connectivity index (χ1n) is 13.6. The molecule has 0 bridgehead atoms. The van der Waals surface area contributed by atoms with Gasteiger partial charge in [-0.15, -0.1) is 11.3 Å². The molecule has 2 aromatic rings. The van der Waals surface area contributed by atoms with Crippen LogP contribution in [0.2, 0.25) is 0 Å². The highest BCUT2D eigenvalue weighted by Gasteiger charge is 2.48. The van der Waals surface area contributed by atoms with E-state index in [1.54, 1.807) is 12.1 Å². The number of carbonyl (C=O) groups excluding carboxylic acids is 4. The summed E-state index contributed by atoms with van der Waals surface area (Å²) in [6, 6.07) is 6.16. The van der Waals surface area contributed by atoms with Gasteiger partial charge in [-0.05, 0) is 32.0 Å². The maximum Gasteiger partial charge on any atom is 0.304 e. The van der Waals surface area contributed by atoms with Crippen LogP contribution in [0.1, 0.15) is 49.4 Å². The van der Waals surface area contributed by atoms with Gasteiger partial charge >= 0.3 is 5.97 Å². The monoisotopic (exact) mass is 569 g/mol. The Bertz CT molecular complexity index is 1250. The zero-order chi connectivity index (χ0) is 28.3. The van der Waals surface area contributed by atoms with E-state index in [4.69, 9.17) is 9.72 Å². The number of esters is 1. The molecule has 2 saturated heterocycles. The van der Waals surface area contributed by atoms with Crippen LogP contribution in [-0.2, 0) is 19.1 Å². The topological polar surface area (TPSA) is 145 Å². The van der Waals surface area contributed by atoms with E-state index in [0.29, 0.717) is 18.4 Å². The molecule has 1 aromatic heterocycles. The van der Waals surface area contributed by atoms with Gasteiger partial charge in [0.25, 0.3) is 11.8 Å². The second kappa shape index (κ2) is 11.9. The van der Waals surface area contributed by atoms with Crippen LogP contribution in [0.5, 0.6) is 0 Å². The van der Waals surface area contributed by atoms with Crippen LogP contribution in [-0.4, -0.2) is 89.6 Å². The smallest absolute Gasteiger partial charge is 0.304 e. The van der Waals surface area contributed by atoms with Gasteiger partial charge in [-0.3, -0.25) is 24.6 Å². The predicted octanol–water partition coefficient (Wildman–Crippen LogP) is 1.32. The summed E-state index contributed by atoms with van der Waals surface area (Å²) in [6.45, 7) is 5.09. The van der Waals surface area contributed by atoms with E-state index in [9.17, 15) is 19.2 Å². The van der Waals surface area contributed by atoms with Crippen molar-refractivity contribution in [2.45, 2.75) is 56.8 Å². The number of likely N-dealkylation sites (N-methyl/N-ethyl adjacent to an activating group) is 1. The molecule has 0 spiro atoms. The third-order valence-electron chi connectivity index (χ3n) is 7.65. The number of nitrogens with zero attached hydrogens (tertiary/aromatic N) is 3. The van der Waals surface area contributed by atoms with Gasteiger partial charge in [0, 0.05) is 49.6 Å². The Kier molecular flexibility index (Phi) is 8.33. The van der Waals surface area contributed by atoms with Crippen molar-refractivity contribution in [3.05, 3.63) is 35.2 Å². The fourth-order valence-electron chi connectivity index (χ4n) is 5.21. The first kappa shape index (κ1) is 28.0. The quantitative estimate of drug-likeness (QED) is 0.273. The average molecular weight is 570 g/mol. The van der Waals surface area contributed by atoms with Crippen molar-refractivity contribution in [2.75, 3.05) is 38.7 Å². The number of ether oxygens (including phenoxy) is 1. The van der Waals surface area contributed by atoms with E-state index >= 15 is 0 Å². The van der Waals surface area contributed by atoms with E-state index in [-0.39, 0.29) is 5.91 Å². The number of amides is 3. The number of hydrazine groups is 1. The molecule has 12 nitrogen and oxygen atoms in total. The Morgan fingerprint density at radius 2 is 1.77 bits per heavy atom. The number of carbonyl (C=O) groups is 4. The Labute approximate surface area is 236 Å². The van der Waals surface area contributed by atoms with Crippen LogP contribution in [0.4, 0.5) is 5.13 Å². The highest BCUT2D eigenvalue weighted by Crippen LogP contribution is 2.30. The summed E-state index contributed by atoms with van der Waals surface area (Å²) in [5, 5.41) is 13.1. The zero-order valence-electron chi connectivity index (χ0n) is 22.7. The summed E-state index contributed by atoms with van der Waals surface area (Å²) < 4.78 is 5.05. The number of rotatable bonds is 8. The lowest BCUT2D eigenvalue weighted by molar-refractivity contribution is -0.165. The molecular formula is C27H35N7O5S. The molecular weight excluding hydrogens is 534 g/mol. The number of nitrogens with one attached hydrogen (secondary N) is 4. The van der Waals surface area contributed by atoms with Crippen molar-refractivity contribution in [1.82, 2.24) is 30.8 Å². The Morgan fingerprint density at radius 3 is 2.42 bits per heavy atom. The summed E-state index contributed by atoms with van der Waals surface area (Å²) in [7, 11) is 2.11. The predicted molar refractivity (Wildman–Crippen MR) is 149 cm³/mol. The van der Waals surface area contributed by atoms with Gasteiger partial charge in [-0.2, -0.15) is 0 Å². The fraction of sp³-hybridized carbons (Fsp3) is 0.519. The second-order valence-corrected chi connectivity index (χ2v) is 11.5. The van der Waals surface area contributed by atoms with Crippen molar-refractivity contribution in [3.8, 4) is 11.3 Å². The molecule has 3 heterocycles. The third-order valence-corrected chi connectivity index (χ3v) is 8.39. The minimum absolute atomic E-state index is 0.367. The molecule has 3 fully saturated rings. The van der Waals surface area contributed by atoms with Crippen LogP contribution < -0.4 is 21.4 Å². The van der Waals surface area contributed by atoms with Gasteiger partial charge in [0.05, 0.1) is 5.69 Å². The maximum absolute atomic E-state index is 13.4. The summed E-state index contributed by atoms with van der Waals surface area (Å²) in [5.74, 6) is -1.81. The Balaban J connectivity index is 1.22. The molecule has 5 rings (SSSR count). The number of anilines is 1. The van der Waals surface area contributed by atoms with E-state index in [2.05, 4.69) is 38.3 Å². The lowest BCUT2D eigenvalue weighted by atomic mass is 9.80. The molecule has 2 unspecified atom stereocenters. The van der Waals surface area contributed by atoms with Crippen molar-refractivity contribution >= 4 is 40.2 Å². The van der Waals surface area contributed by atoms with E-state index in [0.717, 1.165) is 61.8 Å².